The van der Waals surface area contributed by atoms with Gasteiger partial charge in [-0.25, -0.2) is 9.49 Å². The van der Waals surface area contributed by atoms with E-state index in [0.29, 0.717) is 11.1 Å². The lowest BCUT2D eigenvalue weighted by Gasteiger charge is -2.11. The number of benzene rings is 2. The van der Waals surface area contributed by atoms with Crippen molar-refractivity contribution in [3.63, 3.8) is 0 Å². The summed E-state index contributed by atoms with van der Waals surface area (Å²) in [4.78, 5) is 11.8. The van der Waals surface area contributed by atoms with Gasteiger partial charge in [0.2, 0.25) is 0 Å². The Morgan fingerprint density at radius 1 is 1.05 bits per heavy atom. The van der Waals surface area contributed by atoms with Crippen molar-refractivity contribution in [2.24, 2.45) is 0 Å². The Morgan fingerprint density at radius 2 is 1.65 bits per heavy atom. The molecule has 100 valence electrons. The van der Waals surface area contributed by atoms with E-state index in [4.69, 9.17) is 0 Å². The van der Waals surface area contributed by atoms with Crippen LogP contribution in [-0.2, 0) is 0 Å². The summed E-state index contributed by atoms with van der Waals surface area (Å²) in [5.74, 6) is -0.266. The zero-order chi connectivity index (χ0) is 14.3. The number of aromatic amines is 1. The number of hydrogen-bond donors (Lipinski definition) is 1. The molecule has 0 radical (unpaired) electrons. The van der Waals surface area contributed by atoms with Crippen LogP contribution in [0.4, 0.5) is 4.39 Å². The van der Waals surface area contributed by atoms with Crippen molar-refractivity contribution in [1.82, 2.24) is 10.2 Å². The monoisotopic (exact) mass is 268 g/mol. The van der Waals surface area contributed by atoms with E-state index in [9.17, 15) is 9.18 Å². The van der Waals surface area contributed by atoms with Gasteiger partial charge in [0.05, 0.1) is 11.1 Å². The lowest BCUT2D eigenvalue weighted by molar-refractivity contribution is 0.625. The van der Waals surface area contributed by atoms with Crippen molar-refractivity contribution >= 4 is 10.8 Å². The van der Waals surface area contributed by atoms with Crippen molar-refractivity contribution in [3.05, 3.63) is 63.7 Å². The van der Waals surface area contributed by atoms with Crippen molar-refractivity contribution in [2.75, 3.05) is 0 Å². The van der Waals surface area contributed by atoms with Gasteiger partial charge in [-0.1, -0.05) is 18.2 Å². The highest BCUT2D eigenvalue weighted by atomic mass is 19.1. The Bertz CT molecular complexity index is 845. The summed E-state index contributed by atoms with van der Waals surface area (Å²) in [6.45, 7) is 3.68. The molecule has 1 aromatic heterocycles. The predicted molar refractivity (Wildman–Crippen MR) is 77.2 cm³/mol. The number of H-pyrrole nitrogens is 1. The van der Waals surface area contributed by atoms with E-state index in [1.807, 2.05) is 32.0 Å². The van der Waals surface area contributed by atoms with Gasteiger partial charge < -0.3 is 0 Å². The molecule has 0 aliphatic rings. The van der Waals surface area contributed by atoms with E-state index in [1.165, 1.54) is 12.1 Å². The van der Waals surface area contributed by atoms with E-state index in [-0.39, 0.29) is 11.4 Å². The van der Waals surface area contributed by atoms with Gasteiger partial charge in [0.15, 0.2) is 0 Å². The molecule has 0 atom stereocenters. The molecule has 20 heavy (non-hydrogen) atoms. The zero-order valence-electron chi connectivity index (χ0n) is 11.2. The summed E-state index contributed by atoms with van der Waals surface area (Å²) in [5.41, 5.74) is 2.91. The fourth-order valence-electron chi connectivity index (χ4n) is 2.59. The standard InChI is InChI=1S/C16H13FN2O/c1-9-7-11(17)8-10(2)14(9)15-12-5-3-4-6-13(12)16(20)19-18-15/h3-8H,1-2H3,(H,19,20). The molecule has 0 amide bonds. The van der Waals surface area contributed by atoms with Gasteiger partial charge in [0.25, 0.3) is 5.56 Å². The van der Waals surface area contributed by atoms with E-state index in [1.54, 1.807) is 6.07 Å². The van der Waals surface area contributed by atoms with E-state index < -0.39 is 0 Å². The molecule has 3 rings (SSSR count). The summed E-state index contributed by atoms with van der Waals surface area (Å²) < 4.78 is 13.4. The maximum Gasteiger partial charge on any atom is 0.272 e. The first kappa shape index (κ1) is 12.5. The topological polar surface area (TPSA) is 45.8 Å². The Hall–Kier alpha value is -2.49. The van der Waals surface area contributed by atoms with Gasteiger partial charge in [-0.2, -0.15) is 5.10 Å². The number of hydrogen-bond acceptors (Lipinski definition) is 2. The summed E-state index contributed by atoms with van der Waals surface area (Å²) >= 11 is 0. The number of nitrogens with zero attached hydrogens (tertiary/aromatic N) is 1. The average Bonchev–Trinajstić information content (AvgIpc) is 2.40. The van der Waals surface area contributed by atoms with Crippen LogP contribution in [0.25, 0.3) is 22.0 Å². The summed E-state index contributed by atoms with van der Waals surface area (Å²) in [5, 5.41) is 8.04. The first-order valence-electron chi connectivity index (χ1n) is 6.32. The van der Waals surface area contributed by atoms with Crippen LogP contribution in [-0.4, -0.2) is 10.2 Å². The van der Waals surface area contributed by atoms with Crippen molar-refractivity contribution < 1.29 is 4.39 Å². The van der Waals surface area contributed by atoms with Gasteiger partial charge >= 0.3 is 0 Å². The van der Waals surface area contributed by atoms with Crippen LogP contribution in [0.3, 0.4) is 0 Å². The number of nitrogens with one attached hydrogen (secondary N) is 1. The second-order valence-corrected chi connectivity index (χ2v) is 4.86. The largest absolute Gasteiger partial charge is 0.272 e. The molecule has 3 aromatic rings. The minimum atomic E-state index is -0.266. The molecule has 0 unspecified atom stereocenters. The Morgan fingerprint density at radius 3 is 2.30 bits per heavy atom. The van der Waals surface area contributed by atoms with Crippen molar-refractivity contribution in [1.29, 1.82) is 0 Å². The number of aryl methyl sites for hydroxylation is 2. The predicted octanol–water partition coefficient (Wildman–Crippen LogP) is 3.35. The van der Waals surface area contributed by atoms with E-state index in [2.05, 4.69) is 10.2 Å². The van der Waals surface area contributed by atoms with Gasteiger partial charge in [-0.05, 0) is 43.2 Å². The third-order valence-corrected chi connectivity index (χ3v) is 3.43. The highest BCUT2D eigenvalue weighted by Crippen LogP contribution is 2.30. The SMILES string of the molecule is Cc1cc(F)cc(C)c1-c1n[nH]c(=O)c2ccccc12. The molecule has 0 saturated carbocycles. The normalized spacial score (nSPS) is 10.9. The minimum Gasteiger partial charge on any atom is -0.267 e. The Kier molecular flexibility index (Phi) is 2.86. The molecule has 0 fully saturated rings. The molecule has 0 aliphatic carbocycles. The van der Waals surface area contributed by atoms with Crippen molar-refractivity contribution in [3.8, 4) is 11.3 Å². The lowest BCUT2D eigenvalue weighted by atomic mass is 9.96. The van der Waals surface area contributed by atoms with Gasteiger partial charge in [0.1, 0.15) is 5.82 Å². The lowest BCUT2D eigenvalue weighted by Crippen LogP contribution is -2.10. The summed E-state index contributed by atoms with van der Waals surface area (Å²) in [7, 11) is 0. The van der Waals surface area contributed by atoms with Crippen LogP contribution in [0.15, 0.2) is 41.2 Å². The third kappa shape index (κ3) is 1.90. The Balaban J connectivity index is 2.42. The molecular formula is C16H13FN2O. The first-order valence-corrected chi connectivity index (χ1v) is 6.32. The molecular weight excluding hydrogens is 255 g/mol. The number of halogens is 1. The van der Waals surface area contributed by atoms with Crippen molar-refractivity contribution in [2.45, 2.75) is 13.8 Å². The Labute approximate surface area is 115 Å². The average molecular weight is 268 g/mol. The molecule has 0 bridgehead atoms. The second kappa shape index (κ2) is 4.56. The quantitative estimate of drug-likeness (QED) is 0.735. The third-order valence-electron chi connectivity index (χ3n) is 3.43. The fourth-order valence-corrected chi connectivity index (χ4v) is 2.59. The maximum absolute atomic E-state index is 13.4. The molecule has 1 heterocycles. The molecule has 3 nitrogen and oxygen atoms in total. The minimum absolute atomic E-state index is 0.221. The van der Waals surface area contributed by atoms with Crippen LogP contribution in [0.2, 0.25) is 0 Å². The highest BCUT2D eigenvalue weighted by molar-refractivity contribution is 5.95. The smallest absolute Gasteiger partial charge is 0.267 e. The van der Waals surface area contributed by atoms with Gasteiger partial charge in [-0.15, -0.1) is 0 Å². The summed E-state index contributed by atoms with van der Waals surface area (Å²) in [6, 6.07) is 10.2. The zero-order valence-corrected chi connectivity index (χ0v) is 11.2. The molecule has 1 N–H and O–H groups in total. The van der Waals surface area contributed by atoms with Gasteiger partial charge in [0, 0.05) is 10.9 Å². The van der Waals surface area contributed by atoms with Crippen LogP contribution in [0.5, 0.6) is 0 Å². The van der Waals surface area contributed by atoms with Crippen LogP contribution < -0.4 is 5.56 Å². The van der Waals surface area contributed by atoms with Gasteiger partial charge in [-0.3, -0.25) is 4.79 Å². The number of rotatable bonds is 1. The molecule has 0 saturated heterocycles. The molecule has 0 aliphatic heterocycles. The molecule has 2 aromatic carbocycles. The van der Waals surface area contributed by atoms with E-state index >= 15 is 0 Å². The maximum atomic E-state index is 13.4. The first-order chi connectivity index (χ1) is 9.58. The molecule has 0 spiro atoms. The van der Waals surface area contributed by atoms with Crippen LogP contribution in [0.1, 0.15) is 11.1 Å². The second-order valence-electron chi connectivity index (χ2n) is 4.86. The van der Waals surface area contributed by atoms with E-state index in [0.717, 1.165) is 22.1 Å². The van der Waals surface area contributed by atoms with Crippen LogP contribution in [0, 0.1) is 19.7 Å². The number of aromatic nitrogens is 2. The highest BCUT2D eigenvalue weighted by Gasteiger charge is 2.13. The summed E-state index contributed by atoms with van der Waals surface area (Å²) in [6.07, 6.45) is 0. The fraction of sp³-hybridized carbons (Fsp3) is 0.125. The number of fused-ring (bicyclic) bond motifs is 1. The van der Waals surface area contributed by atoms with Crippen LogP contribution >= 0.6 is 0 Å². The molecule has 4 heteroatoms.